The highest BCUT2D eigenvalue weighted by molar-refractivity contribution is 9.10. The van der Waals surface area contributed by atoms with Crippen LogP contribution in [0.25, 0.3) is 0 Å². The lowest BCUT2D eigenvalue weighted by Crippen LogP contribution is -2.37. The van der Waals surface area contributed by atoms with E-state index in [1.165, 1.54) is 0 Å². The van der Waals surface area contributed by atoms with Crippen LogP contribution in [0.3, 0.4) is 0 Å². The largest absolute Gasteiger partial charge is 0.378 e. The zero-order valence-electron chi connectivity index (χ0n) is 11.8. The van der Waals surface area contributed by atoms with Crippen molar-refractivity contribution in [2.75, 3.05) is 36.5 Å². The van der Waals surface area contributed by atoms with Gasteiger partial charge in [-0.25, -0.2) is 4.98 Å². The van der Waals surface area contributed by atoms with Gasteiger partial charge in [0.2, 0.25) is 5.95 Å². The molecule has 1 aromatic carbocycles. The molecule has 0 amide bonds. The van der Waals surface area contributed by atoms with E-state index in [-0.39, 0.29) is 0 Å². The Bertz CT molecular complexity index is 629. The van der Waals surface area contributed by atoms with Gasteiger partial charge in [-0.15, -0.1) is 0 Å². The molecule has 2 heterocycles. The van der Waals surface area contributed by atoms with E-state index in [1.54, 1.807) is 0 Å². The number of ether oxygens (including phenoxy) is 1. The molecule has 1 fully saturated rings. The Kier molecular flexibility index (Phi) is 4.36. The molecule has 2 aromatic rings. The Balaban J connectivity index is 1.83. The van der Waals surface area contributed by atoms with Crippen LogP contribution < -0.4 is 10.2 Å². The van der Waals surface area contributed by atoms with Crippen molar-refractivity contribution >= 4 is 33.4 Å². The lowest BCUT2D eigenvalue weighted by Gasteiger charge is -2.27. The third-order valence-electron chi connectivity index (χ3n) is 3.23. The molecule has 0 aliphatic carbocycles. The number of aromatic nitrogens is 2. The van der Waals surface area contributed by atoms with Crippen molar-refractivity contribution < 1.29 is 4.74 Å². The summed E-state index contributed by atoms with van der Waals surface area (Å²) in [4.78, 5) is 11.3. The molecule has 0 atom stereocenters. The summed E-state index contributed by atoms with van der Waals surface area (Å²) >= 11 is 3.47. The Labute approximate surface area is 132 Å². The van der Waals surface area contributed by atoms with E-state index >= 15 is 0 Å². The van der Waals surface area contributed by atoms with Gasteiger partial charge in [0.25, 0.3) is 0 Å². The maximum absolute atomic E-state index is 5.37. The number of halogens is 1. The maximum Gasteiger partial charge on any atom is 0.227 e. The van der Waals surface area contributed by atoms with Crippen LogP contribution in [0.4, 0.5) is 17.5 Å². The molecule has 1 N–H and O–H groups in total. The van der Waals surface area contributed by atoms with Crippen LogP contribution >= 0.6 is 15.9 Å². The Morgan fingerprint density at radius 3 is 2.76 bits per heavy atom. The first-order valence-corrected chi connectivity index (χ1v) is 7.71. The zero-order valence-corrected chi connectivity index (χ0v) is 13.4. The third-order valence-corrected chi connectivity index (χ3v) is 3.73. The van der Waals surface area contributed by atoms with Crippen LogP contribution in [-0.4, -0.2) is 36.3 Å². The van der Waals surface area contributed by atoms with E-state index in [0.717, 1.165) is 53.9 Å². The molecule has 1 saturated heterocycles. The van der Waals surface area contributed by atoms with Gasteiger partial charge in [0.1, 0.15) is 5.82 Å². The van der Waals surface area contributed by atoms with Gasteiger partial charge in [-0.3, -0.25) is 0 Å². The summed E-state index contributed by atoms with van der Waals surface area (Å²) in [6.45, 7) is 5.11. The first-order chi connectivity index (χ1) is 10.2. The summed E-state index contributed by atoms with van der Waals surface area (Å²) in [5.74, 6) is 1.57. The Morgan fingerprint density at radius 2 is 2.00 bits per heavy atom. The standard InChI is InChI=1S/C15H17BrN4O/c1-11-9-14(18-13-4-2-3-12(16)10-13)19-15(17-11)20-5-7-21-8-6-20/h2-4,9-10H,5-8H2,1H3,(H,17,18,19). The average molecular weight is 349 g/mol. The van der Waals surface area contributed by atoms with Crippen LogP contribution in [0.15, 0.2) is 34.8 Å². The number of hydrogen-bond donors (Lipinski definition) is 1. The van der Waals surface area contributed by atoms with Crippen molar-refractivity contribution in [2.45, 2.75) is 6.92 Å². The number of nitrogens with one attached hydrogen (secondary N) is 1. The van der Waals surface area contributed by atoms with E-state index < -0.39 is 0 Å². The van der Waals surface area contributed by atoms with Gasteiger partial charge in [-0.2, -0.15) is 4.98 Å². The topological polar surface area (TPSA) is 50.3 Å². The summed E-state index contributed by atoms with van der Waals surface area (Å²) in [5, 5.41) is 3.33. The van der Waals surface area contributed by atoms with Gasteiger partial charge in [0.15, 0.2) is 0 Å². The minimum absolute atomic E-state index is 0.728. The predicted octanol–water partition coefficient (Wildman–Crippen LogP) is 3.13. The highest BCUT2D eigenvalue weighted by atomic mass is 79.9. The number of morpholine rings is 1. The molecule has 5 nitrogen and oxygen atoms in total. The highest BCUT2D eigenvalue weighted by Crippen LogP contribution is 2.21. The van der Waals surface area contributed by atoms with E-state index in [9.17, 15) is 0 Å². The Morgan fingerprint density at radius 1 is 1.19 bits per heavy atom. The van der Waals surface area contributed by atoms with Gasteiger partial charge in [0, 0.05) is 35.0 Å². The molecule has 1 aliphatic heterocycles. The monoisotopic (exact) mass is 348 g/mol. The molecule has 0 radical (unpaired) electrons. The maximum atomic E-state index is 5.37. The van der Waals surface area contributed by atoms with Crippen LogP contribution in [-0.2, 0) is 4.74 Å². The molecule has 1 aromatic heterocycles. The van der Waals surface area contributed by atoms with Crippen molar-refractivity contribution in [3.63, 3.8) is 0 Å². The second-order valence-electron chi connectivity index (χ2n) is 4.93. The lowest BCUT2D eigenvalue weighted by atomic mass is 10.3. The molecule has 3 rings (SSSR count). The van der Waals surface area contributed by atoms with E-state index in [0.29, 0.717) is 0 Å². The van der Waals surface area contributed by atoms with E-state index in [1.807, 2.05) is 37.3 Å². The number of anilines is 3. The number of benzene rings is 1. The number of aryl methyl sites for hydroxylation is 1. The lowest BCUT2D eigenvalue weighted by molar-refractivity contribution is 0.122. The second kappa shape index (κ2) is 6.41. The van der Waals surface area contributed by atoms with Crippen molar-refractivity contribution in [2.24, 2.45) is 0 Å². The van der Waals surface area contributed by atoms with Gasteiger partial charge in [-0.1, -0.05) is 22.0 Å². The quantitative estimate of drug-likeness (QED) is 0.923. The highest BCUT2D eigenvalue weighted by Gasteiger charge is 2.15. The molecule has 0 bridgehead atoms. The molecular weight excluding hydrogens is 332 g/mol. The van der Waals surface area contributed by atoms with Crippen LogP contribution in [0.5, 0.6) is 0 Å². The third kappa shape index (κ3) is 3.71. The van der Waals surface area contributed by atoms with Crippen molar-refractivity contribution in [1.82, 2.24) is 9.97 Å². The van der Waals surface area contributed by atoms with Crippen LogP contribution in [0.1, 0.15) is 5.69 Å². The Hall–Kier alpha value is -1.66. The summed E-state index contributed by atoms with van der Waals surface area (Å²) in [7, 11) is 0. The van der Waals surface area contributed by atoms with Crippen molar-refractivity contribution in [3.05, 3.63) is 40.5 Å². The number of hydrogen-bond acceptors (Lipinski definition) is 5. The van der Waals surface area contributed by atoms with E-state index in [4.69, 9.17) is 4.74 Å². The summed E-state index contributed by atoms with van der Waals surface area (Å²) in [6, 6.07) is 9.96. The summed E-state index contributed by atoms with van der Waals surface area (Å²) in [6.07, 6.45) is 0. The predicted molar refractivity (Wildman–Crippen MR) is 87.2 cm³/mol. The SMILES string of the molecule is Cc1cc(Nc2cccc(Br)c2)nc(N2CCOCC2)n1. The smallest absolute Gasteiger partial charge is 0.227 e. The fraction of sp³-hybridized carbons (Fsp3) is 0.333. The van der Waals surface area contributed by atoms with Crippen LogP contribution in [0.2, 0.25) is 0 Å². The molecule has 0 saturated carbocycles. The molecule has 0 spiro atoms. The van der Waals surface area contributed by atoms with Crippen LogP contribution in [0, 0.1) is 6.92 Å². The van der Waals surface area contributed by atoms with Gasteiger partial charge in [-0.05, 0) is 25.1 Å². The first-order valence-electron chi connectivity index (χ1n) is 6.92. The van der Waals surface area contributed by atoms with Gasteiger partial charge < -0.3 is 15.0 Å². The normalized spacial score (nSPS) is 15.0. The molecule has 21 heavy (non-hydrogen) atoms. The minimum Gasteiger partial charge on any atom is -0.378 e. The first kappa shape index (κ1) is 14.3. The van der Waals surface area contributed by atoms with Crippen molar-refractivity contribution in [3.8, 4) is 0 Å². The molecule has 1 aliphatic rings. The molecule has 0 unspecified atom stereocenters. The van der Waals surface area contributed by atoms with Crippen molar-refractivity contribution in [1.29, 1.82) is 0 Å². The van der Waals surface area contributed by atoms with Gasteiger partial charge >= 0.3 is 0 Å². The fourth-order valence-electron chi connectivity index (χ4n) is 2.24. The molecule has 6 heteroatoms. The number of nitrogens with zero attached hydrogens (tertiary/aromatic N) is 3. The van der Waals surface area contributed by atoms with Gasteiger partial charge in [0.05, 0.1) is 13.2 Å². The van der Waals surface area contributed by atoms with E-state index in [2.05, 4.69) is 36.1 Å². The minimum atomic E-state index is 0.728. The number of rotatable bonds is 3. The molecular formula is C15H17BrN4O. The average Bonchev–Trinajstić information content (AvgIpc) is 2.47. The fourth-order valence-corrected chi connectivity index (χ4v) is 2.64. The zero-order chi connectivity index (χ0) is 14.7. The summed E-state index contributed by atoms with van der Waals surface area (Å²) < 4.78 is 6.41. The summed E-state index contributed by atoms with van der Waals surface area (Å²) in [5.41, 5.74) is 1.94. The molecule has 110 valence electrons. The second-order valence-corrected chi connectivity index (χ2v) is 5.85.